The monoisotopic (exact) mass is 334 g/mol. The van der Waals surface area contributed by atoms with Gasteiger partial charge in [0.2, 0.25) is 5.88 Å². The smallest absolute Gasteiger partial charge is 0.256 e. The number of thioether (sulfide) groups is 1. The van der Waals surface area contributed by atoms with E-state index in [4.69, 9.17) is 16.3 Å². The second-order valence-corrected chi connectivity index (χ2v) is 6.43. The maximum Gasteiger partial charge on any atom is 0.256 e. The topological polar surface area (TPSA) is 42.4 Å². The minimum Gasteiger partial charge on any atom is -0.481 e. The van der Waals surface area contributed by atoms with E-state index in [9.17, 15) is 4.79 Å². The zero-order chi connectivity index (χ0) is 15.5. The summed E-state index contributed by atoms with van der Waals surface area (Å²) in [5.41, 5.74) is 1.53. The van der Waals surface area contributed by atoms with Gasteiger partial charge in [0.05, 0.1) is 12.7 Å². The summed E-state index contributed by atoms with van der Waals surface area (Å²) in [5.74, 6) is 1.35. The zero-order valence-electron chi connectivity index (χ0n) is 12.0. The molecule has 0 saturated carbocycles. The van der Waals surface area contributed by atoms with Crippen LogP contribution in [0.2, 0.25) is 5.02 Å². The number of halogens is 1. The molecule has 0 spiro atoms. The number of pyridine rings is 1. The summed E-state index contributed by atoms with van der Waals surface area (Å²) in [4.78, 5) is 18.7. The third kappa shape index (κ3) is 2.91. The van der Waals surface area contributed by atoms with Gasteiger partial charge in [-0.25, -0.2) is 4.98 Å². The molecule has 22 heavy (non-hydrogen) atoms. The lowest BCUT2D eigenvalue weighted by Crippen LogP contribution is -2.30. The molecule has 6 heteroatoms. The van der Waals surface area contributed by atoms with Crippen molar-refractivity contribution >= 4 is 29.3 Å². The first kappa shape index (κ1) is 15.2. The lowest BCUT2D eigenvalue weighted by Gasteiger charge is -2.24. The van der Waals surface area contributed by atoms with E-state index < -0.39 is 0 Å². The molecule has 1 atom stereocenters. The number of hydrogen-bond donors (Lipinski definition) is 0. The highest BCUT2D eigenvalue weighted by atomic mass is 35.5. The SMILES string of the molecule is COc1ccc(C(=O)N2CCSC2c2ccccc2Cl)cn1. The molecule has 1 fully saturated rings. The number of rotatable bonds is 3. The van der Waals surface area contributed by atoms with E-state index in [1.54, 1.807) is 37.2 Å². The van der Waals surface area contributed by atoms with Gasteiger partial charge >= 0.3 is 0 Å². The number of carbonyl (C=O) groups is 1. The molecule has 3 rings (SSSR count). The summed E-state index contributed by atoms with van der Waals surface area (Å²) >= 11 is 8.00. The van der Waals surface area contributed by atoms with Crippen molar-refractivity contribution in [3.63, 3.8) is 0 Å². The predicted octanol–water partition coefficient (Wildman–Crippen LogP) is 3.63. The molecule has 4 nitrogen and oxygen atoms in total. The highest BCUT2D eigenvalue weighted by Gasteiger charge is 2.32. The molecule has 1 aromatic heterocycles. The number of aromatic nitrogens is 1. The van der Waals surface area contributed by atoms with Crippen molar-refractivity contribution in [1.82, 2.24) is 9.88 Å². The van der Waals surface area contributed by atoms with Gasteiger partial charge in [-0.3, -0.25) is 4.79 Å². The van der Waals surface area contributed by atoms with Gasteiger partial charge in [0.1, 0.15) is 5.37 Å². The minimum absolute atomic E-state index is 0.0370. The fourth-order valence-electron chi connectivity index (χ4n) is 2.40. The zero-order valence-corrected chi connectivity index (χ0v) is 13.6. The van der Waals surface area contributed by atoms with E-state index in [1.807, 2.05) is 29.2 Å². The molecule has 1 aliphatic heterocycles. The van der Waals surface area contributed by atoms with E-state index in [-0.39, 0.29) is 11.3 Å². The van der Waals surface area contributed by atoms with Crippen molar-refractivity contribution < 1.29 is 9.53 Å². The fourth-order valence-corrected chi connectivity index (χ4v) is 4.00. The van der Waals surface area contributed by atoms with E-state index in [2.05, 4.69) is 4.98 Å². The van der Waals surface area contributed by atoms with Crippen LogP contribution in [0.25, 0.3) is 0 Å². The highest BCUT2D eigenvalue weighted by molar-refractivity contribution is 7.99. The molecule has 0 N–H and O–H groups in total. The lowest BCUT2D eigenvalue weighted by molar-refractivity contribution is 0.0760. The van der Waals surface area contributed by atoms with Gasteiger partial charge in [0, 0.05) is 35.1 Å². The van der Waals surface area contributed by atoms with Crippen molar-refractivity contribution in [1.29, 1.82) is 0 Å². The third-order valence-electron chi connectivity index (χ3n) is 3.52. The summed E-state index contributed by atoms with van der Waals surface area (Å²) < 4.78 is 5.02. The average molecular weight is 335 g/mol. The molecule has 1 amide bonds. The predicted molar refractivity (Wildman–Crippen MR) is 88.5 cm³/mol. The Morgan fingerprint density at radius 2 is 2.18 bits per heavy atom. The number of ether oxygens (including phenoxy) is 1. The van der Waals surface area contributed by atoms with Crippen molar-refractivity contribution in [3.05, 3.63) is 58.7 Å². The largest absolute Gasteiger partial charge is 0.481 e. The Morgan fingerprint density at radius 1 is 1.36 bits per heavy atom. The van der Waals surface area contributed by atoms with Gasteiger partial charge in [-0.2, -0.15) is 0 Å². The van der Waals surface area contributed by atoms with E-state index in [0.29, 0.717) is 23.0 Å². The summed E-state index contributed by atoms with van der Waals surface area (Å²) in [6, 6.07) is 11.1. The van der Waals surface area contributed by atoms with E-state index >= 15 is 0 Å². The van der Waals surface area contributed by atoms with Gasteiger partial charge in [0.25, 0.3) is 5.91 Å². The molecule has 0 bridgehead atoms. The summed E-state index contributed by atoms with van der Waals surface area (Å²) in [7, 11) is 1.55. The number of benzene rings is 1. The van der Waals surface area contributed by atoms with Crippen LogP contribution < -0.4 is 4.74 Å². The quantitative estimate of drug-likeness (QED) is 0.859. The molecular formula is C16H15ClN2O2S. The van der Waals surface area contributed by atoms with Crippen molar-refractivity contribution in [3.8, 4) is 5.88 Å². The molecule has 0 aliphatic carbocycles. The van der Waals surface area contributed by atoms with Crippen LogP contribution >= 0.6 is 23.4 Å². The molecule has 1 saturated heterocycles. The standard InChI is InChI=1S/C16H15ClN2O2S/c1-21-14-7-6-11(10-18-14)15(20)19-8-9-22-16(19)12-4-2-3-5-13(12)17/h2-7,10,16H,8-9H2,1H3. The Balaban J connectivity index is 1.86. The summed E-state index contributed by atoms with van der Waals surface area (Å²) in [5, 5.41) is 0.635. The number of methoxy groups -OCH3 is 1. The minimum atomic E-state index is -0.0525. The second-order valence-electron chi connectivity index (χ2n) is 4.83. The fraction of sp³-hybridized carbons (Fsp3) is 0.250. The Kier molecular flexibility index (Phi) is 4.55. The number of carbonyl (C=O) groups excluding carboxylic acids is 1. The molecular weight excluding hydrogens is 320 g/mol. The van der Waals surface area contributed by atoms with E-state index in [1.165, 1.54) is 0 Å². The Morgan fingerprint density at radius 3 is 2.86 bits per heavy atom. The molecule has 114 valence electrons. The van der Waals surface area contributed by atoms with Gasteiger partial charge in [-0.1, -0.05) is 29.8 Å². The second kappa shape index (κ2) is 6.58. The number of amides is 1. The van der Waals surface area contributed by atoms with Crippen LogP contribution in [0, 0.1) is 0 Å². The molecule has 1 unspecified atom stereocenters. The van der Waals surface area contributed by atoms with Gasteiger partial charge < -0.3 is 9.64 Å². The first-order chi connectivity index (χ1) is 10.7. The summed E-state index contributed by atoms with van der Waals surface area (Å²) in [6.45, 7) is 0.700. The van der Waals surface area contributed by atoms with Crippen molar-refractivity contribution in [2.75, 3.05) is 19.4 Å². The average Bonchev–Trinajstić information content (AvgIpc) is 3.04. The van der Waals surface area contributed by atoms with Crippen LogP contribution in [-0.2, 0) is 0 Å². The maximum atomic E-state index is 12.7. The Bertz CT molecular complexity index is 678. The molecule has 2 aromatic rings. The van der Waals surface area contributed by atoms with Crippen LogP contribution in [0.5, 0.6) is 5.88 Å². The number of nitrogens with zero attached hydrogens (tertiary/aromatic N) is 2. The summed E-state index contributed by atoms with van der Waals surface area (Å²) in [6.07, 6.45) is 1.55. The van der Waals surface area contributed by atoms with Crippen LogP contribution in [0.1, 0.15) is 21.3 Å². The van der Waals surface area contributed by atoms with Crippen LogP contribution in [-0.4, -0.2) is 35.2 Å². The van der Waals surface area contributed by atoms with Crippen LogP contribution in [0.4, 0.5) is 0 Å². The first-order valence-electron chi connectivity index (χ1n) is 6.88. The third-order valence-corrected chi connectivity index (χ3v) is 5.10. The van der Waals surface area contributed by atoms with Crippen molar-refractivity contribution in [2.45, 2.75) is 5.37 Å². The van der Waals surface area contributed by atoms with Crippen LogP contribution in [0.3, 0.4) is 0 Å². The van der Waals surface area contributed by atoms with Gasteiger partial charge in [-0.05, 0) is 12.1 Å². The van der Waals surface area contributed by atoms with Crippen molar-refractivity contribution in [2.24, 2.45) is 0 Å². The molecule has 2 heterocycles. The normalized spacial score (nSPS) is 17.5. The molecule has 1 aromatic carbocycles. The lowest BCUT2D eigenvalue weighted by atomic mass is 10.2. The van der Waals surface area contributed by atoms with E-state index in [0.717, 1.165) is 11.3 Å². The molecule has 0 radical (unpaired) electrons. The molecule has 1 aliphatic rings. The highest BCUT2D eigenvalue weighted by Crippen LogP contribution is 2.41. The Hall–Kier alpha value is -1.72. The first-order valence-corrected chi connectivity index (χ1v) is 8.30. The van der Waals surface area contributed by atoms with Crippen LogP contribution in [0.15, 0.2) is 42.6 Å². The Labute approximate surface area is 138 Å². The van der Waals surface area contributed by atoms with Gasteiger partial charge in [-0.15, -0.1) is 11.8 Å². The van der Waals surface area contributed by atoms with Gasteiger partial charge in [0.15, 0.2) is 0 Å². The number of hydrogen-bond acceptors (Lipinski definition) is 4. The maximum absolute atomic E-state index is 12.7.